The summed E-state index contributed by atoms with van der Waals surface area (Å²) in [6.45, 7) is 14.4. The molecule has 0 heterocycles. The SMILES string of the molecule is CC1(C)CCc2cc(N(c3ccccc3)c3ccccc3)c3ccc4c(N)cc(N(c5ccccc5)c5ccccc5)c5cc1c2c3c45.CC1(C)CCc2cc(N(c3ccccc3)c3ccccc3)c3ccc4c(O)cc(N(c5ccccc5)c5ccccc5)c5cc1c2c3c45.COc1cc(N(c2ccccc2)c2ccccc2)c2cc3c4c(cc(N(c5ccccc5)c5ccccc5)c5ccc1c2c54)CCC3(C)C. The summed E-state index contributed by atoms with van der Waals surface area (Å²) in [7, 11) is 1.80. The highest BCUT2D eigenvalue weighted by molar-refractivity contribution is 6.35. The maximum absolute atomic E-state index is 11.9. The van der Waals surface area contributed by atoms with Crippen LogP contribution in [0.5, 0.6) is 11.5 Å². The molecular weight excluding hydrogens is 1760 g/mol. The van der Waals surface area contributed by atoms with Gasteiger partial charge < -0.3 is 45.0 Å². The summed E-state index contributed by atoms with van der Waals surface area (Å²) in [5, 5.41) is 33.9. The molecular formula is C136H111N7O2. The molecule has 3 aliphatic carbocycles. The van der Waals surface area contributed by atoms with Gasteiger partial charge in [0.2, 0.25) is 0 Å². The highest BCUT2D eigenvalue weighted by Gasteiger charge is 2.39. The Bertz CT molecular complexity index is 8350. The topological polar surface area (TPSA) is 74.9 Å². The molecule has 0 saturated carbocycles. The van der Waals surface area contributed by atoms with Gasteiger partial charge in [-0.1, -0.05) is 284 Å². The Morgan fingerprint density at radius 3 is 0.655 bits per heavy atom. The lowest BCUT2D eigenvalue weighted by atomic mass is 9.70. The molecule has 0 aliphatic heterocycles. The number of nitrogen functional groups attached to an aromatic ring is 1. The van der Waals surface area contributed by atoms with Crippen LogP contribution in [0.3, 0.4) is 0 Å². The molecule has 0 aromatic heterocycles. The van der Waals surface area contributed by atoms with Crippen LogP contribution in [0, 0.1) is 0 Å². The van der Waals surface area contributed by atoms with Crippen molar-refractivity contribution < 1.29 is 9.84 Å². The van der Waals surface area contributed by atoms with Gasteiger partial charge in [0, 0.05) is 167 Å². The van der Waals surface area contributed by atoms with E-state index in [4.69, 9.17) is 10.5 Å². The number of methoxy groups -OCH3 is 1. The van der Waals surface area contributed by atoms with Crippen LogP contribution >= 0.6 is 0 Å². The number of anilines is 19. The molecule has 0 unspecified atom stereocenters. The van der Waals surface area contributed by atoms with Gasteiger partial charge in [0.1, 0.15) is 11.5 Å². The smallest absolute Gasteiger partial charge is 0.128 e. The molecule has 702 valence electrons. The first kappa shape index (κ1) is 89.0. The van der Waals surface area contributed by atoms with Crippen LogP contribution in [-0.2, 0) is 35.5 Å². The van der Waals surface area contributed by atoms with E-state index in [2.05, 4.69) is 520 Å². The maximum Gasteiger partial charge on any atom is 0.128 e. The summed E-state index contributed by atoms with van der Waals surface area (Å²) in [4.78, 5) is 14.3. The van der Waals surface area contributed by atoms with Gasteiger partial charge >= 0.3 is 0 Å². The number of aryl methyl sites for hydroxylation is 3. The molecule has 9 heteroatoms. The number of ether oxygens (including phenoxy) is 1. The van der Waals surface area contributed by atoms with E-state index >= 15 is 0 Å². The molecule has 27 rings (SSSR count). The van der Waals surface area contributed by atoms with Gasteiger partial charge in [-0.15, -0.1) is 0 Å². The van der Waals surface area contributed by atoms with Crippen LogP contribution in [0.15, 0.2) is 455 Å². The van der Waals surface area contributed by atoms with Gasteiger partial charge in [0.05, 0.1) is 41.2 Å². The van der Waals surface area contributed by atoms with Gasteiger partial charge in [0.25, 0.3) is 0 Å². The predicted molar refractivity (Wildman–Crippen MR) is 615 cm³/mol. The van der Waals surface area contributed by atoms with Crippen molar-refractivity contribution >= 4 is 205 Å². The average Bonchev–Trinajstić information content (AvgIpc) is 0.698. The minimum absolute atomic E-state index is 0.0146. The lowest BCUT2D eigenvalue weighted by Crippen LogP contribution is -2.24. The number of phenols is 1. The zero-order valence-corrected chi connectivity index (χ0v) is 82.7. The average molecular weight is 1880 g/mol. The summed E-state index contributed by atoms with van der Waals surface area (Å²) < 4.78 is 6.25. The first-order valence-corrected chi connectivity index (χ1v) is 50.9. The van der Waals surface area contributed by atoms with Crippen molar-refractivity contribution in [2.75, 3.05) is 42.2 Å². The molecule has 3 N–H and O–H groups in total. The van der Waals surface area contributed by atoms with Gasteiger partial charge in [-0.3, -0.25) is 0 Å². The molecule has 0 saturated heterocycles. The third-order valence-electron chi connectivity index (χ3n) is 31.2. The second-order valence-electron chi connectivity index (χ2n) is 41.1. The lowest BCUT2D eigenvalue weighted by Gasteiger charge is -2.37. The highest BCUT2D eigenvalue weighted by atomic mass is 16.5. The Kier molecular flexibility index (Phi) is 22.1. The number of hydrogen-bond donors (Lipinski definition) is 2. The van der Waals surface area contributed by atoms with Crippen molar-refractivity contribution in [2.45, 2.75) is 96.3 Å². The fourth-order valence-corrected chi connectivity index (χ4v) is 24.1. The monoisotopic (exact) mass is 1870 g/mol. The third kappa shape index (κ3) is 15.2. The molecule has 24 aromatic carbocycles. The summed E-state index contributed by atoms with van der Waals surface area (Å²) in [5.41, 5.74) is 36.3. The molecule has 0 fully saturated rings. The number of nitrogens with two attached hydrogens (primary N) is 1. The van der Waals surface area contributed by atoms with E-state index in [9.17, 15) is 5.11 Å². The number of benzene rings is 24. The molecule has 145 heavy (non-hydrogen) atoms. The molecule has 3 aliphatic rings. The summed E-state index contributed by atoms with van der Waals surface area (Å²) >= 11 is 0. The van der Waals surface area contributed by atoms with Gasteiger partial charge in [-0.25, -0.2) is 0 Å². The fraction of sp³-hybridized carbons (Fsp3) is 0.118. The van der Waals surface area contributed by atoms with Crippen LogP contribution in [0.4, 0.5) is 108 Å². The van der Waals surface area contributed by atoms with Gasteiger partial charge in [0.15, 0.2) is 0 Å². The normalized spacial score (nSPS) is 13.7. The van der Waals surface area contributed by atoms with Crippen molar-refractivity contribution in [2.24, 2.45) is 0 Å². The zero-order valence-electron chi connectivity index (χ0n) is 82.7. The summed E-state index contributed by atoms with van der Waals surface area (Å²) in [6.07, 6.45) is 6.30. The Morgan fingerprint density at radius 2 is 0.407 bits per heavy atom. The van der Waals surface area contributed by atoms with Crippen LogP contribution in [0.1, 0.15) is 94.2 Å². The number of phenolic OH excluding ortho intramolecular Hbond substituents is 1. The molecule has 0 bridgehead atoms. The first-order valence-electron chi connectivity index (χ1n) is 50.9. The number of hydrogen-bond acceptors (Lipinski definition) is 9. The first-order chi connectivity index (χ1) is 71.0. The van der Waals surface area contributed by atoms with E-state index in [-0.39, 0.29) is 22.0 Å². The summed E-state index contributed by atoms with van der Waals surface area (Å²) in [5.74, 6) is 1.16. The van der Waals surface area contributed by atoms with Crippen LogP contribution in [-0.4, -0.2) is 12.2 Å². The maximum atomic E-state index is 11.9. The zero-order chi connectivity index (χ0) is 97.9. The number of rotatable bonds is 19. The minimum atomic E-state index is -0.0146. The van der Waals surface area contributed by atoms with E-state index in [1.807, 2.05) is 6.07 Å². The van der Waals surface area contributed by atoms with Crippen molar-refractivity contribution in [3.63, 3.8) is 0 Å². The standard InChI is InChI=1S/C46H38N2O.C45H37N3.C45H36N2O/c1-46(2)27-26-31-28-40(47(32-16-8-4-9-17-32)33-18-10-5-11-19-33)36-24-25-37-42(49-3)30-41(38-29-39(46)43(31)45(36)44(37)38)48(34-20-12-6-13-21-34)35-22-14-7-15-23-35;1-45(2)26-25-30-27-40(47(31-15-7-3-8-16-31)32-17-9-4-10-18-32)36-24-23-35-39(46)29-41(37-28-38(45)42(30)44(36)43(35)37)48(33-19-11-5-12-20-33)34-21-13-6-14-22-34;1-45(2)26-25-30-27-39(46(31-15-7-3-8-16-31)32-17-9-4-10-18-32)35-23-24-36-41(48)29-40(37-28-38(45)42(30)44(35)43(36)37)47(33-19-11-5-12-20-33)34-21-13-6-14-22-34/h4-25,28-30H,26-27H2,1-3H3;3-24,27-29H,25-26,46H2,1-2H3;3-24,27-29,48H,25-26H2,1-2H3. The third-order valence-corrected chi connectivity index (χ3v) is 31.2. The van der Waals surface area contributed by atoms with Crippen molar-refractivity contribution in [3.8, 4) is 11.5 Å². The number of nitrogens with zero attached hydrogens (tertiary/aromatic N) is 6. The van der Waals surface area contributed by atoms with E-state index < -0.39 is 0 Å². The van der Waals surface area contributed by atoms with Crippen LogP contribution < -0.4 is 39.9 Å². The van der Waals surface area contributed by atoms with Crippen LogP contribution in [0.2, 0.25) is 0 Å². The largest absolute Gasteiger partial charge is 0.507 e. The van der Waals surface area contributed by atoms with E-state index in [1.165, 1.54) is 115 Å². The molecule has 9 nitrogen and oxygen atoms in total. The predicted octanol–water partition coefficient (Wildman–Crippen LogP) is 37.5. The van der Waals surface area contributed by atoms with Crippen molar-refractivity contribution in [3.05, 3.63) is 488 Å². The van der Waals surface area contributed by atoms with E-state index in [1.54, 1.807) is 7.11 Å². The minimum Gasteiger partial charge on any atom is -0.507 e. The number of para-hydroxylation sites is 12. The molecule has 0 radical (unpaired) electrons. The van der Waals surface area contributed by atoms with Gasteiger partial charge in [-0.05, 0) is 304 Å². The molecule has 0 amide bonds. The highest BCUT2D eigenvalue weighted by Crippen LogP contribution is 2.61. The van der Waals surface area contributed by atoms with Crippen LogP contribution in [0.25, 0.3) is 97.0 Å². The van der Waals surface area contributed by atoms with Crippen molar-refractivity contribution in [1.29, 1.82) is 0 Å². The number of aromatic hydroxyl groups is 1. The second-order valence-corrected chi connectivity index (χ2v) is 41.1. The Balaban J connectivity index is 0.000000114. The Labute approximate surface area is 847 Å². The summed E-state index contributed by atoms with van der Waals surface area (Å²) in [6, 6.07) is 163. The van der Waals surface area contributed by atoms with Gasteiger partial charge in [-0.2, -0.15) is 0 Å². The van der Waals surface area contributed by atoms with E-state index in [0.717, 1.165) is 168 Å². The molecule has 0 spiro atoms. The second kappa shape index (κ2) is 36.0. The Morgan fingerprint density at radius 1 is 0.207 bits per heavy atom. The Hall–Kier alpha value is -17.4. The quantitative estimate of drug-likeness (QED) is 0.0608. The van der Waals surface area contributed by atoms with Crippen molar-refractivity contribution in [1.82, 2.24) is 0 Å². The lowest BCUT2D eigenvalue weighted by molar-refractivity contribution is 0.420. The van der Waals surface area contributed by atoms with E-state index in [0.29, 0.717) is 0 Å². The molecule has 0 atom stereocenters. The fourth-order valence-electron chi connectivity index (χ4n) is 24.1. The molecule has 24 aromatic rings.